The van der Waals surface area contributed by atoms with E-state index in [0.717, 1.165) is 54.0 Å². The second kappa shape index (κ2) is 6.45. The first-order chi connectivity index (χ1) is 13.6. The summed E-state index contributed by atoms with van der Waals surface area (Å²) in [4.78, 5) is 17.1. The zero-order valence-corrected chi connectivity index (χ0v) is 15.6. The van der Waals surface area contributed by atoms with Gasteiger partial charge in [-0.25, -0.2) is 9.50 Å². The van der Waals surface area contributed by atoms with Crippen molar-refractivity contribution in [3.8, 4) is 11.1 Å². The van der Waals surface area contributed by atoms with Crippen LogP contribution in [0, 0.1) is 0 Å². The molecule has 0 bridgehead atoms. The quantitative estimate of drug-likeness (QED) is 0.582. The Morgan fingerprint density at radius 3 is 2.64 bits per heavy atom. The molecule has 7 nitrogen and oxygen atoms in total. The molecule has 4 heterocycles. The Balaban J connectivity index is 1.73. The summed E-state index contributed by atoms with van der Waals surface area (Å²) in [5.74, 6) is 0.845. The van der Waals surface area contributed by atoms with Crippen molar-refractivity contribution in [1.29, 1.82) is 0 Å². The van der Waals surface area contributed by atoms with Crippen molar-refractivity contribution in [3.63, 3.8) is 0 Å². The van der Waals surface area contributed by atoms with Crippen LogP contribution in [0.15, 0.2) is 47.4 Å². The molecule has 1 aliphatic rings. The van der Waals surface area contributed by atoms with Gasteiger partial charge in [-0.1, -0.05) is 6.07 Å². The van der Waals surface area contributed by atoms with E-state index < -0.39 is 0 Å². The Hall–Kier alpha value is -3.19. The van der Waals surface area contributed by atoms with Gasteiger partial charge in [-0.3, -0.25) is 9.36 Å². The summed E-state index contributed by atoms with van der Waals surface area (Å²) < 4.78 is 9.03. The Morgan fingerprint density at radius 1 is 1.11 bits per heavy atom. The fourth-order valence-corrected chi connectivity index (χ4v) is 3.93. The number of fused-ring (bicyclic) bond motifs is 3. The lowest BCUT2D eigenvalue weighted by Gasteiger charge is -2.19. The van der Waals surface area contributed by atoms with Crippen molar-refractivity contribution in [1.82, 2.24) is 19.2 Å². The van der Waals surface area contributed by atoms with E-state index in [9.17, 15) is 4.79 Å². The molecule has 0 atom stereocenters. The van der Waals surface area contributed by atoms with Crippen LogP contribution in [-0.4, -0.2) is 32.4 Å². The summed E-state index contributed by atoms with van der Waals surface area (Å²) in [5.41, 5.74) is 10.2. The number of nitrogens with two attached hydrogens (primary N) is 1. The van der Waals surface area contributed by atoms with Crippen LogP contribution >= 0.6 is 0 Å². The standard InChI is InChI=1S/C21H21N5O2/c1-25-20-11-17(13-6-8-28-9-7-13)24-26(20)18-10-14(2-4-16(18)21(25)27)15-3-5-19(22)23-12-15/h2-5,10-13H,6-9H2,1H3,(H2,22,23). The zero-order valence-electron chi connectivity index (χ0n) is 15.6. The first-order valence-corrected chi connectivity index (χ1v) is 9.44. The first kappa shape index (κ1) is 16.9. The molecule has 28 heavy (non-hydrogen) atoms. The molecule has 1 aliphatic heterocycles. The Morgan fingerprint density at radius 2 is 1.89 bits per heavy atom. The predicted molar refractivity (Wildman–Crippen MR) is 108 cm³/mol. The fourth-order valence-electron chi connectivity index (χ4n) is 3.93. The molecule has 0 spiro atoms. The molecule has 1 aromatic carbocycles. The molecule has 7 heteroatoms. The average Bonchev–Trinajstić information content (AvgIpc) is 3.19. The molecule has 0 amide bonds. The number of benzene rings is 1. The molecular formula is C21H21N5O2. The Labute approximate surface area is 161 Å². The summed E-state index contributed by atoms with van der Waals surface area (Å²) in [6.45, 7) is 1.51. The van der Waals surface area contributed by atoms with Crippen molar-refractivity contribution >= 4 is 22.4 Å². The van der Waals surface area contributed by atoms with Gasteiger partial charge in [-0.15, -0.1) is 0 Å². The molecule has 3 aromatic heterocycles. The largest absolute Gasteiger partial charge is 0.384 e. The summed E-state index contributed by atoms with van der Waals surface area (Å²) in [5, 5.41) is 5.52. The normalized spacial score (nSPS) is 15.5. The van der Waals surface area contributed by atoms with Crippen LogP contribution in [0.3, 0.4) is 0 Å². The molecule has 5 rings (SSSR count). The number of nitrogens with zero attached hydrogens (tertiary/aromatic N) is 4. The third-order valence-electron chi connectivity index (χ3n) is 5.57. The smallest absolute Gasteiger partial charge is 0.261 e. The second-order valence-corrected chi connectivity index (χ2v) is 7.29. The number of hydrogen-bond acceptors (Lipinski definition) is 5. The lowest BCUT2D eigenvalue weighted by Crippen LogP contribution is -2.19. The minimum atomic E-state index is -0.0251. The highest BCUT2D eigenvalue weighted by molar-refractivity contribution is 5.85. The maximum atomic E-state index is 12.9. The average molecular weight is 375 g/mol. The van der Waals surface area contributed by atoms with Crippen molar-refractivity contribution in [2.24, 2.45) is 7.05 Å². The first-order valence-electron chi connectivity index (χ1n) is 9.44. The summed E-state index contributed by atoms with van der Waals surface area (Å²) in [7, 11) is 1.80. The number of ether oxygens (including phenoxy) is 1. The van der Waals surface area contributed by atoms with Crippen molar-refractivity contribution in [2.45, 2.75) is 18.8 Å². The number of aromatic nitrogens is 4. The van der Waals surface area contributed by atoms with Crippen molar-refractivity contribution in [3.05, 3.63) is 58.6 Å². The lowest BCUT2D eigenvalue weighted by atomic mass is 9.97. The number of rotatable bonds is 2. The zero-order chi connectivity index (χ0) is 19.3. The van der Waals surface area contributed by atoms with Gasteiger partial charge in [-0.05, 0) is 42.7 Å². The van der Waals surface area contributed by atoms with Gasteiger partial charge >= 0.3 is 0 Å². The third kappa shape index (κ3) is 2.66. The number of pyridine rings is 1. The van der Waals surface area contributed by atoms with Crippen molar-refractivity contribution < 1.29 is 4.74 Å². The van der Waals surface area contributed by atoms with Crippen LogP contribution in [-0.2, 0) is 11.8 Å². The van der Waals surface area contributed by atoms with Crippen LogP contribution in [0.2, 0.25) is 0 Å². The van der Waals surface area contributed by atoms with Crippen LogP contribution in [0.4, 0.5) is 5.82 Å². The lowest BCUT2D eigenvalue weighted by molar-refractivity contribution is 0.0844. The van der Waals surface area contributed by atoms with Crippen LogP contribution in [0.5, 0.6) is 0 Å². The monoisotopic (exact) mass is 375 g/mol. The van der Waals surface area contributed by atoms with Gasteiger partial charge in [0, 0.05) is 44.0 Å². The van der Waals surface area contributed by atoms with Gasteiger partial charge in [0.25, 0.3) is 5.56 Å². The van der Waals surface area contributed by atoms with E-state index in [-0.39, 0.29) is 5.56 Å². The van der Waals surface area contributed by atoms with E-state index in [1.165, 1.54) is 0 Å². The number of hydrogen-bond donors (Lipinski definition) is 1. The van der Waals surface area contributed by atoms with E-state index in [2.05, 4.69) is 4.98 Å². The SMILES string of the molecule is Cn1c(=O)c2ccc(-c3ccc(N)nc3)cc2n2nc(C3CCOCC3)cc12. The van der Waals surface area contributed by atoms with Crippen LogP contribution in [0.25, 0.3) is 27.7 Å². The van der Waals surface area contributed by atoms with Gasteiger partial charge in [-0.2, -0.15) is 5.10 Å². The van der Waals surface area contributed by atoms with Crippen LogP contribution < -0.4 is 11.3 Å². The molecule has 0 aliphatic carbocycles. The number of nitrogen functional groups attached to an aromatic ring is 1. The van der Waals surface area contributed by atoms with E-state index in [4.69, 9.17) is 15.6 Å². The summed E-state index contributed by atoms with van der Waals surface area (Å²) in [6.07, 6.45) is 3.65. The maximum Gasteiger partial charge on any atom is 0.261 e. The Bertz CT molecular complexity index is 1230. The minimum absolute atomic E-state index is 0.0251. The van der Waals surface area contributed by atoms with Gasteiger partial charge in [0.05, 0.1) is 16.6 Å². The Kier molecular flexibility index (Phi) is 3.91. The summed E-state index contributed by atoms with van der Waals surface area (Å²) >= 11 is 0. The number of anilines is 1. The van der Waals surface area contributed by atoms with Gasteiger partial charge in [0.15, 0.2) is 0 Å². The van der Waals surface area contributed by atoms with Crippen LogP contribution in [0.1, 0.15) is 24.5 Å². The second-order valence-electron chi connectivity index (χ2n) is 7.29. The van der Waals surface area contributed by atoms with E-state index in [0.29, 0.717) is 17.1 Å². The van der Waals surface area contributed by atoms with E-state index in [1.807, 2.05) is 34.8 Å². The van der Waals surface area contributed by atoms with Crippen molar-refractivity contribution in [2.75, 3.05) is 18.9 Å². The topological polar surface area (TPSA) is 87.4 Å². The molecule has 0 unspecified atom stereocenters. The molecule has 0 saturated carbocycles. The predicted octanol–water partition coefficient (Wildman–Crippen LogP) is 2.72. The van der Waals surface area contributed by atoms with E-state index in [1.54, 1.807) is 23.9 Å². The molecular weight excluding hydrogens is 354 g/mol. The van der Waals surface area contributed by atoms with Gasteiger partial charge < -0.3 is 10.5 Å². The minimum Gasteiger partial charge on any atom is -0.384 e. The number of aryl methyl sites for hydroxylation is 1. The molecule has 2 N–H and O–H groups in total. The highest BCUT2D eigenvalue weighted by atomic mass is 16.5. The van der Waals surface area contributed by atoms with E-state index >= 15 is 0 Å². The molecule has 0 radical (unpaired) electrons. The molecule has 4 aromatic rings. The van der Waals surface area contributed by atoms with Gasteiger partial charge in [0.2, 0.25) is 0 Å². The highest BCUT2D eigenvalue weighted by Crippen LogP contribution is 2.28. The fraction of sp³-hybridized carbons (Fsp3) is 0.286. The van der Waals surface area contributed by atoms with Gasteiger partial charge in [0.1, 0.15) is 11.5 Å². The maximum absolute atomic E-state index is 12.9. The summed E-state index contributed by atoms with van der Waals surface area (Å²) in [6, 6.07) is 11.5. The molecule has 1 saturated heterocycles. The third-order valence-corrected chi connectivity index (χ3v) is 5.57. The highest BCUT2D eigenvalue weighted by Gasteiger charge is 2.21. The molecule has 142 valence electrons. The molecule has 1 fully saturated rings.